The minimum atomic E-state index is 0.330. The molecule has 0 bridgehead atoms. The van der Waals surface area contributed by atoms with E-state index in [4.69, 9.17) is 0 Å². The first-order valence-corrected chi connectivity index (χ1v) is 6.32. The lowest BCUT2D eigenvalue weighted by atomic mass is 9.94. The van der Waals surface area contributed by atoms with Gasteiger partial charge in [0.15, 0.2) is 0 Å². The Balaban J connectivity index is 4.47. The lowest BCUT2D eigenvalue weighted by Crippen LogP contribution is -2.09. The van der Waals surface area contributed by atoms with Crippen LogP contribution in [0.2, 0.25) is 0 Å². The van der Waals surface area contributed by atoms with Gasteiger partial charge in [-0.25, -0.2) is 0 Å². The van der Waals surface area contributed by atoms with Crippen LogP contribution in [0.25, 0.3) is 0 Å². The Kier molecular flexibility index (Phi) is 6.04. The molecule has 14 heavy (non-hydrogen) atoms. The maximum atomic E-state index is 4.12. The van der Waals surface area contributed by atoms with Gasteiger partial charge in [0.1, 0.15) is 0 Å². The standard InChI is InChI=1S/C13H23P/c1-7-12(8-2)11(4)14-10-13(5,6)9-3/h7,10H,4,8-9H2,1-3,5-6H3/b12-7+. The van der Waals surface area contributed by atoms with Gasteiger partial charge >= 0.3 is 0 Å². The highest BCUT2D eigenvalue weighted by Crippen LogP contribution is 2.27. The van der Waals surface area contributed by atoms with Crippen molar-refractivity contribution in [3.8, 4) is 0 Å². The van der Waals surface area contributed by atoms with Crippen LogP contribution in [0.1, 0.15) is 47.5 Å². The zero-order chi connectivity index (χ0) is 11.2. The lowest BCUT2D eigenvalue weighted by molar-refractivity contribution is 0.522. The molecule has 0 nitrogen and oxygen atoms in total. The summed E-state index contributed by atoms with van der Waals surface area (Å²) in [5.74, 6) is 2.36. The Hall–Kier alpha value is -0.350. The first-order chi connectivity index (χ1) is 6.46. The molecule has 0 unspecified atom stereocenters. The monoisotopic (exact) mass is 210 g/mol. The molecule has 0 aliphatic heterocycles. The van der Waals surface area contributed by atoms with E-state index in [-0.39, 0.29) is 0 Å². The van der Waals surface area contributed by atoms with Crippen molar-refractivity contribution in [3.05, 3.63) is 23.5 Å². The van der Waals surface area contributed by atoms with E-state index in [2.05, 4.69) is 53.1 Å². The molecule has 0 aromatic rings. The van der Waals surface area contributed by atoms with Crippen LogP contribution in [0.15, 0.2) is 23.5 Å². The van der Waals surface area contributed by atoms with E-state index in [0.717, 1.165) is 6.42 Å². The van der Waals surface area contributed by atoms with E-state index in [0.29, 0.717) is 5.41 Å². The highest BCUT2D eigenvalue weighted by atomic mass is 31.1. The Morgan fingerprint density at radius 3 is 2.29 bits per heavy atom. The van der Waals surface area contributed by atoms with Crippen molar-refractivity contribution in [3.63, 3.8) is 0 Å². The van der Waals surface area contributed by atoms with E-state index in [1.807, 2.05) is 0 Å². The van der Waals surface area contributed by atoms with Crippen molar-refractivity contribution >= 4 is 14.0 Å². The zero-order valence-electron chi connectivity index (χ0n) is 10.2. The third kappa shape index (κ3) is 4.77. The summed E-state index contributed by atoms with van der Waals surface area (Å²) in [7, 11) is 1.27. The van der Waals surface area contributed by atoms with Crippen molar-refractivity contribution in [2.45, 2.75) is 47.5 Å². The summed E-state index contributed by atoms with van der Waals surface area (Å²) in [6.45, 7) is 15.2. The van der Waals surface area contributed by atoms with Crippen LogP contribution >= 0.6 is 8.20 Å². The van der Waals surface area contributed by atoms with Gasteiger partial charge in [0.05, 0.1) is 0 Å². The summed E-state index contributed by atoms with van der Waals surface area (Å²) >= 11 is 0. The molecule has 0 N–H and O–H groups in total. The maximum Gasteiger partial charge on any atom is -0.00285 e. The van der Waals surface area contributed by atoms with Crippen LogP contribution in [0.5, 0.6) is 0 Å². The second kappa shape index (κ2) is 6.19. The van der Waals surface area contributed by atoms with Crippen LogP contribution in [-0.2, 0) is 0 Å². The topological polar surface area (TPSA) is 0 Å². The van der Waals surface area contributed by atoms with Gasteiger partial charge in [0.25, 0.3) is 0 Å². The van der Waals surface area contributed by atoms with Crippen molar-refractivity contribution in [2.24, 2.45) is 5.41 Å². The van der Waals surface area contributed by atoms with Gasteiger partial charge in [-0.3, -0.25) is 0 Å². The molecule has 0 rings (SSSR count). The summed E-state index contributed by atoms with van der Waals surface area (Å²) in [6.07, 6.45) is 4.44. The van der Waals surface area contributed by atoms with Gasteiger partial charge in [-0.05, 0) is 36.1 Å². The van der Waals surface area contributed by atoms with E-state index in [9.17, 15) is 0 Å². The summed E-state index contributed by atoms with van der Waals surface area (Å²) in [6, 6.07) is 0. The van der Waals surface area contributed by atoms with Crippen molar-refractivity contribution in [1.82, 2.24) is 0 Å². The Morgan fingerprint density at radius 2 is 1.93 bits per heavy atom. The van der Waals surface area contributed by atoms with E-state index in [1.54, 1.807) is 0 Å². The van der Waals surface area contributed by atoms with Crippen LogP contribution in [0.4, 0.5) is 0 Å². The molecular formula is C13H23P. The fourth-order valence-corrected chi connectivity index (χ4v) is 2.14. The molecule has 1 heteroatoms. The molecule has 0 atom stereocenters. The smallest absolute Gasteiger partial charge is 0.00285 e. The summed E-state index contributed by atoms with van der Waals surface area (Å²) in [5.41, 5.74) is 1.71. The number of allylic oxidation sites excluding steroid dienone is 3. The fourth-order valence-electron chi connectivity index (χ4n) is 1.00. The first kappa shape index (κ1) is 13.7. The SMILES string of the molecule is C=C(P=CC(C)(C)CC)/C(=C/C)CC. The van der Waals surface area contributed by atoms with Crippen LogP contribution < -0.4 is 0 Å². The molecular weight excluding hydrogens is 187 g/mol. The van der Waals surface area contributed by atoms with Crippen LogP contribution in [-0.4, -0.2) is 5.80 Å². The maximum absolute atomic E-state index is 4.12. The van der Waals surface area contributed by atoms with Crippen molar-refractivity contribution < 1.29 is 0 Å². The molecule has 0 aliphatic carbocycles. The Bertz CT molecular complexity index is 244. The number of hydrogen-bond donors (Lipinski definition) is 0. The molecule has 0 saturated heterocycles. The van der Waals surface area contributed by atoms with Crippen LogP contribution in [0.3, 0.4) is 0 Å². The molecule has 0 amide bonds. The number of rotatable bonds is 5. The molecule has 0 aliphatic rings. The normalized spacial score (nSPS) is 13.6. The van der Waals surface area contributed by atoms with Gasteiger partial charge < -0.3 is 0 Å². The minimum Gasteiger partial charge on any atom is -0.0869 e. The molecule has 80 valence electrons. The zero-order valence-corrected chi connectivity index (χ0v) is 11.1. The quantitative estimate of drug-likeness (QED) is 0.440. The molecule has 0 aromatic heterocycles. The molecule has 0 spiro atoms. The first-order valence-electron chi connectivity index (χ1n) is 5.36. The highest BCUT2D eigenvalue weighted by Gasteiger charge is 2.10. The predicted molar refractivity (Wildman–Crippen MR) is 70.2 cm³/mol. The average molecular weight is 210 g/mol. The molecule has 0 aromatic carbocycles. The predicted octanol–water partition coefficient (Wildman–Crippen LogP) is 5.04. The Morgan fingerprint density at radius 1 is 1.36 bits per heavy atom. The van der Waals surface area contributed by atoms with Gasteiger partial charge in [0.2, 0.25) is 0 Å². The van der Waals surface area contributed by atoms with Gasteiger partial charge in [-0.1, -0.05) is 54.4 Å². The second-order valence-corrected chi connectivity index (χ2v) is 5.27. The van der Waals surface area contributed by atoms with Crippen LogP contribution in [0, 0.1) is 5.41 Å². The van der Waals surface area contributed by atoms with E-state index < -0.39 is 0 Å². The lowest BCUT2D eigenvalue weighted by Gasteiger charge is -2.16. The minimum absolute atomic E-state index is 0.330. The largest absolute Gasteiger partial charge is 0.0869 e. The average Bonchev–Trinajstić information content (AvgIpc) is 2.17. The van der Waals surface area contributed by atoms with E-state index in [1.165, 1.54) is 25.5 Å². The van der Waals surface area contributed by atoms with Gasteiger partial charge in [-0.2, -0.15) is 0 Å². The van der Waals surface area contributed by atoms with Gasteiger partial charge in [0, 0.05) is 0 Å². The van der Waals surface area contributed by atoms with E-state index >= 15 is 0 Å². The summed E-state index contributed by atoms with van der Waals surface area (Å²) in [5, 5.41) is 1.25. The molecule has 0 radical (unpaired) electrons. The molecule has 0 saturated carbocycles. The van der Waals surface area contributed by atoms with Crippen molar-refractivity contribution in [1.29, 1.82) is 0 Å². The number of hydrogen-bond acceptors (Lipinski definition) is 0. The summed E-state index contributed by atoms with van der Waals surface area (Å²) < 4.78 is 0. The van der Waals surface area contributed by atoms with Crippen molar-refractivity contribution in [2.75, 3.05) is 0 Å². The second-order valence-electron chi connectivity index (χ2n) is 4.21. The highest BCUT2D eigenvalue weighted by molar-refractivity contribution is 7.43. The third-order valence-corrected chi connectivity index (χ3v) is 4.01. The fraction of sp³-hybridized carbons (Fsp3) is 0.615. The molecule has 0 heterocycles. The summed E-state index contributed by atoms with van der Waals surface area (Å²) in [4.78, 5) is 0. The van der Waals surface area contributed by atoms with Gasteiger partial charge in [-0.15, -0.1) is 0 Å². The third-order valence-electron chi connectivity index (χ3n) is 2.58. The Labute approximate surface area is 90.9 Å². The molecule has 0 fully saturated rings.